The maximum atomic E-state index is 5.48. The van der Waals surface area contributed by atoms with E-state index in [0.717, 1.165) is 39.4 Å². The average molecular weight is 303 g/mol. The third kappa shape index (κ3) is 4.11. The van der Waals surface area contributed by atoms with Crippen LogP contribution in [-0.4, -0.2) is 42.7 Å². The second kappa shape index (κ2) is 7.66. The van der Waals surface area contributed by atoms with Crippen molar-refractivity contribution in [3.05, 3.63) is 52.5 Å². The number of ether oxygens (including phenoxy) is 1. The summed E-state index contributed by atoms with van der Waals surface area (Å²) in [7, 11) is 0. The normalized spacial score (nSPS) is 17.7. The Morgan fingerprint density at radius 1 is 1.24 bits per heavy atom. The number of hydrogen-bond donors (Lipinski definition) is 1. The van der Waals surface area contributed by atoms with Gasteiger partial charge in [-0.15, -0.1) is 11.3 Å². The minimum absolute atomic E-state index is 0.440. The second-order valence-corrected chi connectivity index (χ2v) is 6.15. The van der Waals surface area contributed by atoms with Crippen molar-refractivity contribution in [2.75, 3.05) is 32.8 Å². The van der Waals surface area contributed by atoms with Crippen molar-refractivity contribution in [1.82, 2.24) is 15.2 Å². The third-order valence-electron chi connectivity index (χ3n) is 3.77. The first-order chi connectivity index (χ1) is 10.4. The first kappa shape index (κ1) is 14.7. The van der Waals surface area contributed by atoms with Crippen molar-refractivity contribution in [2.24, 2.45) is 0 Å². The lowest BCUT2D eigenvalue weighted by Crippen LogP contribution is -2.42. The summed E-state index contributed by atoms with van der Waals surface area (Å²) in [5.41, 5.74) is 1.27. The molecule has 1 unspecified atom stereocenters. The van der Waals surface area contributed by atoms with Crippen molar-refractivity contribution in [3.63, 3.8) is 0 Å². The summed E-state index contributed by atoms with van der Waals surface area (Å²) >= 11 is 1.84. The van der Waals surface area contributed by atoms with Gasteiger partial charge >= 0.3 is 0 Å². The maximum absolute atomic E-state index is 5.48. The van der Waals surface area contributed by atoms with Crippen LogP contribution < -0.4 is 5.32 Å². The van der Waals surface area contributed by atoms with E-state index >= 15 is 0 Å². The molecule has 0 radical (unpaired) electrons. The molecular weight excluding hydrogens is 282 g/mol. The number of aromatic nitrogens is 1. The van der Waals surface area contributed by atoms with Gasteiger partial charge in [-0.05, 0) is 29.1 Å². The molecule has 0 spiro atoms. The van der Waals surface area contributed by atoms with E-state index in [4.69, 9.17) is 4.74 Å². The van der Waals surface area contributed by atoms with E-state index in [1.165, 1.54) is 10.4 Å². The maximum Gasteiger partial charge on any atom is 0.0594 e. The minimum Gasteiger partial charge on any atom is -0.379 e. The van der Waals surface area contributed by atoms with Crippen LogP contribution in [0.15, 0.2) is 42.0 Å². The van der Waals surface area contributed by atoms with Crippen LogP contribution in [0.3, 0.4) is 0 Å². The molecule has 2 aromatic rings. The summed E-state index contributed by atoms with van der Waals surface area (Å²) in [5, 5.41) is 5.74. The molecule has 5 heteroatoms. The molecule has 1 atom stereocenters. The molecule has 1 fully saturated rings. The SMILES string of the molecule is c1csc(C(CNCc2ccncc2)N2CCOCC2)c1. The van der Waals surface area contributed by atoms with Crippen molar-refractivity contribution >= 4 is 11.3 Å². The Balaban J connectivity index is 1.59. The molecule has 0 bridgehead atoms. The monoisotopic (exact) mass is 303 g/mol. The smallest absolute Gasteiger partial charge is 0.0594 e. The highest BCUT2D eigenvalue weighted by molar-refractivity contribution is 7.10. The first-order valence-corrected chi connectivity index (χ1v) is 8.26. The van der Waals surface area contributed by atoms with E-state index in [1.54, 1.807) is 0 Å². The topological polar surface area (TPSA) is 37.4 Å². The van der Waals surface area contributed by atoms with Crippen molar-refractivity contribution in [3.8, 4) is 0 Å². The predicted molar refractivity (Wildman–Crippen MR) is 85.4 cm³/mol. The van der Waals surface area contributed by atoms with Crippen LogP contribution >= 0.6 is 11.3 Å². The zero-order valence-electron chi connectivity index (χ0n) is 12.1. The first-order valence-electron chi connectivity index (χ1n) is 7.38. The van der Waals surface area contributed by atoms with Gasteiger partial charge in [0.25, 0.3) is 0 Å². The summed E-state index contributed by atoms with van der Waals surface area (Å²) in [4.78, 5) is 8.01. The van der Waals surface area contributed by atoms with Gasteiger partial charge in [0.15, 0.2) is 0 Å². The van der Waals surface area contributed by atoms with Gasteiger partial charge in [-0.1, -0.05) is 6.07 Å². The fourth-order valence-electron chi connectivity index (χ4n) is 2.63. The third-order valence-corrected chi connectivity index (χ3v) is 4.75. The molecule has 21 heavy (non-hydrogen) atoms. The standard InChI is InChI=1S/C16H21N3OS/c1-2-16(21-11-1)15(19-7-9-20-10-8-19)13-18-12-14-3-5-17-6-4-14/h1-6,11,15,18H,7-10,12-13H2. The van der Waals surface area contributed by atoms with Crippen molar-refractivity contribution < 1.29 is 4.74 Å². The number of morpholine rings is 1. The van der Waals surface area contributed by atoms with Gasteiger partial charge in [-0.25, -0.2) is 0 Å². The molecule has 0 aromatic carbocycles. The molecule has 1 N–H and O–H groups in total. The molecule has 4 nitrogen and oxygen atoms in total. The molecule has 2 aromatic heterocycles. The number of rotatable bonds is 6. The Bertz CT molecular complexity index is 512. The van der Waals surface area contributed by atoms with E-state index in [2.05, 4.69) is 44.8 Å². The van der Waals surface area contributed by atoms with Crippen molar-refractivity contribution in [1.29, 1.82) is 0 Å². The Morgan fingerprint density at radius 2 is 2.05 bits per heavy atom. The Hall–Kier alpha value is -1.27. The number of nitrogens with zero attached hydrogens (tertiary/aromatic N) is 2. The molecule has 1 aliphatic rings. The molecule has 1 aliphatic heterocycles. The molecule has 3 heterocycles. The van der Waals surface area contributed by atoms with Gasteiger partial charge in [0.2, 0.25) is 0 Å². The molecule has 0 amide bonds. The molecule has 0 saturated carbocycles. The number of pyridine rings is 1. The fourth-order valence-corrected chi connectivity index (χ4v) is 3.49. The van der Waals surface area contributed by atoms with Crippen molar-refractivity contribution in [2.45, 2.75) is 12.6 Å². The second-order valence-electron chi connectivity index (χ2n) is 5.17. The van der Waals surface area contributed by atoms with Gasteiger partial charge in [-0.3, -0.25) is 9.88 Å². The lowest BCUT2D eigenvalue weighted by atomic mass is 10.1. The van der Waals surface area contributed by atoms with E-state index in [1.807, 2.05) is 23.7 Å². The Kier molecular flexibility index (Phi) is 5.34. The fraction of sp³-hybridized carbons (Fsp3) is 0.438. The molecule has 1 saturated heterocycles. The molecular formula is C16H21N3OS. The number of nitrogens with one attached hydrogen (secondary N) is 1. The largest absolute Gasteiger partial charge is 0.379 e. The lowest BCUT2D eigenvalue weighted by molar-refractivity contribution is 0.0168. The zero-order valence-corrected chi connectivity index (χ0v) is 12.9. The van der Waals surface area contributed by atoms with Crippen LogP contribution in [0, 0.1) is 0 Å². The quantitative estimate of drug-likeness (QED) is 0.888. The average Bonchev–Trinajstić information content (AvgIpc) is 3.07. The van der Waals surface area contributed by atoms with E-state index < -0.39 is 0 Å². The van der Waals surface area contributed by atoms with Gasteiger partial charge in [0.05, 0.1) is 19.3 Å². The Labute approximate surface area is 129 Å². The summed E-state index contributed by atoms with van der Waals surface area (Å²) in [6.45, 7) is 5.55. The molecule has 3 rings (SSSR count). The van der Waals surface area contributed by atoms with Crippen LogP contribution in [-0.2, 0) is 11.3 Å². The van der Waals surface area contributed by atoms with Gasteiger partial charge in [0.1, 0.15) is 0 Å². The van der Waals surface area contributed by atoms with Gasteiger partial charge in [0, 0.05) is 43.4 Å². The van der Waals surface area contributed by atoms with E-state index in [9.17, 15) is 0 Å². The zero-order chi connectivity index (χ0) is 14.3. The number of hydrogen-bond acceptors (Lipinski definition) is 5. The highest BCUT2D eigenvalue weighted by atomic mass is 32.1. The molecule has 0 aliphatic carbocycles. The summed E-state index contributed by atoms with van der Waals surface area (Å²) < 4.78 is 5.48. The highest BCUT2D eigenvalue weighted by Crippen LogP contribution is 2.25. The van der Waals surface area contributed by atoms with E-state index in [0.29, 0.717) is 6.04 Å². The van der Waals surface area contributed by atoms with Gasteiger partial charge in [-0.2, -0.15) is 0 Å². The van der Waals surface area contributed by atoms with Gasteiger partial charge < -0.3 is 10.1 Å². The van der Waals surface area contributed by atoms with Crippen LogP contribution in [0.5, 0.6) is 0 Å². The Morgan fingerprint density at radius 3 is 2.76 bits per heavy atom. The van der Waals surface area contributed by atoms with Crippen LogP contribution in [0.2, 0.25) is 0 Å². The summed E-state index contributed by atoms with van der Waals surface area (Å²) in [6.07, 6.45) is 3.69. The summed E-state index contributed by atoms with van der Waals surface area (Å²) in [6, 6.07) is 8.93. The molecule has 112 valence electrons. The minimum atomic E-state index is 0.440. The highest BCUT2D eigenvalue weighted by Gasteiger charge is 2.22. The number of thiophene rings is 1. The van der Waals surface area contributed by atoms with Crippen LogP contribution in [0.25, 0.3) is 0 Å². The van der Waals surface area contributed by atoms with Crippen LogP contribution in [0.1, 0.15) is 16.5 Å². The van der Waals surface area contributed by atoms with Crippen LogP contribution in [0.4, 0.5) is 0 Å². The lowest BCUT2D eigenvalue weighted by Gasteiger charge is -2.34. The predicted octanol–water partition coefficient (Wildman–Crippen LogP) is 2.31. The summed E-state index contributed by atoms with van der Waals surface area (Å²) in [5.74, 6) is 0. The van der Waals surface area contributed by atoms with E-state index in [-0.39, 0.29) is 0 Å².